The highest BCUT2D eigenvalue weighted by Crippen LogP contribution is 2.39. The fraction of sp³-hybridized carbons (Fsp3) is 0.294. The van der Waals surface area contributed by atoms with Crippen molar-refractivity contribution in [1.29, 1.82) is 0 Å². The summed E-state index contributed by atoms with van der Waals surface area (Å²) in [5, 5.41) is 0. The third kappa shape index (κ3) is 2.25. The average Bonchev–Trinajstić information content (AvgIpc) is 2.91. The van der Waals surface area contributed by atoms with Crippen molar-refractivity contribution in [1.82, 2.24) is 0 Å². The van der Waals surface area contributed by atoms with Gasteiger partial charge in [0.05, 0.1) is 7.11 Å². The van der Waals surface area contributed by atoms with Crippen molar-refractivity contribution in [2.75, 3.05) is 7.11 Å². The van der Waals surface area contributed by atoms with E-state index < -0.39 is 0 Å². The minimum absolute atomic E-state index is 0.0334. The van der Waals surface area contributed by atoms with Gasteiger partial charge in [-0.1, -0.05) is 30.3 Å². The minimum atomic E-state index is 0.0334. The predicted octanol–water partition coefficient (Wildman–Crippen LogP) is 3.01. The molecule has 0 aromatic heterocycles. The van der Waals surface area contributed by atoms with Gasteiger partial charge in [-0.2, -0.15) is 0 Å². The zero-order valence-corrected chi connectivity index (χ0v) is 11.8. The Balaban J connectivity index is 1.98. The summed E-state index contributed by atoms with van der Waals surface area (Å²) in [6, 6.07) is 14.3. The van der Waals surface area contributed by atoms with Gasteiger partial charge in [0.2, 0.25) is 0 Å². The van der Waals surface area contributed by atoms with E-state index in [2.05, 4.69) is 30.3 Å². The van der Waals surface area contributed by atoms with E-state index >= 15 is 0 Å². The van der Waals surface area contributed by atoms with Gasteiger partial charge in [0.1, 0.15) is 17.6 Å². The highest BCUT2D eigenvalue weighted by Gasteiger charge is 2.27. The molecule has 2 N–H and O–H groups in total. The fourth-order valence-electron chi connectivity index (χ4n) is 2.59. The molecule has 3 heteroatoms. The smallest absolute Gasteiger partial charge is 0.130 e. The third-order valence-electron chi connectivity index (χ3n) is 3.77. The van der Waals surface area contributed by atoms with Crippen molar-refractivity contribution in [2.24, 2.45) is 5.73 Å². The van der Waals surface area contributed by atoms with Crippen LogP contribution in [-0.2, 0) is 6.42 Å². The molecule has 0 radical (unpaired) electrons. The zero-order chi connectivity index (χ0) is 14.1. The summed E-state index contributed by atoms with van der Waals surface area (Å²) in [5.41, 5.74) is 9.45. The lowest BCUT2D eigenvalue weighted by atomic mass is 10.00. The largest absolute Gasteiger partial charge is 0.497 e. The number of ether oxygens (including phenoxy) is 2. The Morgan fingerprint density at radius 3 is 2.60 bits per heavy atom. The highest BCUT2D eigenvalue weighted by atomic mass is 16.5. The van der Waals surface area contributed by atoms with Crippen molar-refractivity contribution in [3.63, 3.8) is 0 Å². The Kier molecular flexibility index (Phi) is 3.36. The lowest BCUT2D eigenvalue weighted by molar-refractivity contribution is 0.207. The number of methoxy groups -OCH3 is 1. The molecule has 0 saturated carbocycles. The van der Waals surface area contributed by atoms with Crippen LogP contribution in [0, 0.1) is 0 Å². The number of nitrogens with two attached hydrogens (primary N) is 1. The van der Waals surface area contributed by atoms with E-state index in [1.54, 1.807) is 7.11 Å². The van der Waals surface area contributed by atoms with E-state index in [9.17, 15) is 0 Å². The molecule has 0 aliphatic carbocycles. The number of hydrogen-bond acceptors (Lipinski definition) is 3. The quantitative estimate of drug-likeness (QED) is 0.931. The van der Waals surface area contributed by atoms with Gasteiger partial charge in [-0.3, -0.25) is 0 Å². The average molecular weight is 269 g/mol. The Morgan fingerprint density at radius 2 is 1.95 bits per heavy atom. The summed E-state index contributed by atoms with van der Waals surface area (Å²) < 4.78 is 11.3. The van der Waals surface area contributed by atoms with E-state index in [-0.39, 0.29) is 12.1 Å². The second-order valence-corrected chi connectivity index (χ2v) is 5.24. The second-order valence-electron chi connectivity index (χ2n) is 5.24. The molecule has 1 aliphatic heterocycles. The van der Waals surface area contributed by atoms with Crippen LogP contribution >= 0.6 is 0 Å². The van der Waals surface area contributed by atoms with Crippen LogP contribution < -0.4 is 15.2 Å². The Labute approximate surface area is 119 Å². The van der Waals surface area contributed by atoms with E-state index in [4.69, 9.17) is 15.2 Å². The molecule has 0 amide bonds. The van der Waals surface area contributed by atoms with Crippen molar-refractivity contribution in [3.8, 4) is 22.6 Å². The monoisotopic (exact) mass is 269 g/mol. The summed E-state index contributed by atoms with van der Waals surface area (Å²) in [6.07, 6.45) is 0.959. The first-order valence-corrected chi connectivity index (χ1v) is 6.87. The molecular weight excluding hydrogens is 250 g/mol. The molecule has 0 bridgehead atoms. The number of hydrogen-bond donors (Lipinski definition) is 1. The minimum Gasteiger partial charge on any atom is -0.497 e. The van der Waals surface area contributed by atoms with Gasteiger partial charge in [-0.25, -0.2) is 0 Å². The van der Waals surface area contributed by atoms with Gasteiger partial charge < -0.3 is 15.2 Å². The maximum atomic E-state index is 6.05. The summed E-state index contributed by atoms with van der Waals surface area (Å²) in [6.45, 7) is 1.99. The van der Waals surface area contributed by atoms with Crippen LogP contribution in [0.2, 0.25) is 0 Å². The molecule has 2 unspecified atom stereocenters. The number of fused-ring (bicyclic) bond motifs is 1. The van der Waals surface area contributed by atoms with Crippen molar-refractivity contribution >= 4 is 0 Å². The standard InChI is InChI=1S/C17H19NO2/c1-11(18)16-10-13-4-3-5-15(17(13)20-16)12-6-8-14(19-2)9-7-12/h3-9,11,16H,10,18H2,1-2H3. The lowest BCUT2D eigenvalue weighted by Gasteiger charge is -2.15. The maximum absolute atomic E-state index is 6.05. The highest BCUT2D eigenvalue weighted by molar-refractivity contribution is 5.73. The summed E-state index contributed by atoms with van der Waals surface area (Å²) in [4.78, 5) is 0. The van der Waals surface area contributed by atoms with Crippen LogP contribution in [0.1, 0.15) is 12.5 Å². The molecule has 0 saturated heterocycles. The van der Waals surface area contributed by atoms with Crippen LogP contribution in [-0.4, -0.2) is 19.3 Å². The summed E-state index contributed by atoms with van der Waals surface area (Å²) >= 11 is 0. The topological polar surface area (TPSA) is 44.5 Å². The molecule has 1 aliphatic rings. The third-order valence-corrected chi connectivity index (χ3v) is 3.77. The molecule has 2 aromatic carbocycles. The van der Waals surface area contributed by atoms with Gasteiger partial charge in [0, 0.05) is 18.0 Å². The lowest BCUT2D eigenvalue weighted by Crippen LogP contribution is -2.34. The summed E-state index contributed by atoms with van der Waals surface area (Å²) in [5.74, 6) is 1.83. The van der Waals surface area contributed by atoms with Crippen molar-refractivity contribution < 1.29 is 9.47 Å². The first-order valence-electron chi connectivity index (χ1n) is 6.87. The van der Waals surface area contributed by atoms with E-state index in [0.29, 0.717) is 0 Å². The van der Waals surface area contributed by atoms with E-state index in [1.807, 2.05) is 19.1 Å². The van der Waals surface area contributed by atoms with Crippen molar-refractivity contribution in [2.45, 2.75) is 25.5 Å². The zero-order valence-electron chi connectivity index (χ0n) is 11.8. The SMILES string of the molecule is COc1ccc(-c2cccc3c2OC(C(C)N)C3)cc1. The van der Waals surface area contributed by atoms with Crippen LogP contribution in [0.15, 0.2) is 42.5 Å². The first kappa shape index (κ1) is 13.0. The van der Waals surface area contributed by atoms with E-state index in [0.717, 1.165) is 29.0 Å². The van der Waals surface area contributed by atoms with Crippen LogP contribution in [0.5, 0.6) is 11.5 Å². The number of benzene rings is 2. The maximum Gasteiger partial charge on any atom is 0.130 e. The molecule has 2 aromatic rings. The van der Waals surface area contributed by atoms with Gasteiger partial charge in [-0.05, 0) is 30.2 Å². The first-order chi connectivity index (χ1) is 9.69. The number of para-hydroxylation sites is 1. The van der Waals surface area contributed by atoms with Crippen LogP contribution in [0.3, 0.4) is 0 Å². The Morgan fingerprint density at radius 1 is 1.20 bits per heavy atom. The summed E-state index contributed by atoms with van der Waals surface area (Å²) in [7, 11) is 1.67. The van der Waals surface area contributed by atoms with Gasteiger partial charge >= 0.3 is 0 Å². The molecular formula is C17H19NO2. The molecule has 20 heavy (non-hydrogen) atoms. The van der Waals surface area contributed by atoms with Crippen molar-refractivity contribution in [3.05, 3.63) is 48.0 Å². The fourth-order valence-corrected chi connectivity index (χ4v) is 2.59. The number of rotatable bonds is 3. The molecule has 104 valence electrons. The van der Waals surface area contributed by atoms with Gasteiger partial charge in [-0.15, -0.1) is 0 Å². The molecule has 3 nitrogen and oxygen atoms in total. The van der Waals surface area contributed by atoms with Gasteiger partial charge in [0.15, 0.2) is 0 Å². The normalized spacial score (nSPS) is 18.2. The molecule has 2 atom stereocenters. The Hall–Kier alpha value is -2.00. The molecule has 0 spiro atoms. The van der Waals surface area contributed by atoms with Crippen LogP contribution in [0.25, 0.3) is 11.1 Å². The molecule has 3 rings (SSSR count). The van der Waals surface area contributed by atoms with Crippen LogP contribution in [0.4, 0.5) is 0 Å². The van der Waals surface area contributed by atoms with E-state index in [1.165, 1.54) is 5.56 Å². The predicted molar refractivity (Wildman–Crippen MR) is 80.2 cm³/mol. The molecule has 0 fully saturated rings. The van der Waals surface area contributed by atoms with Gasteiger partial charge in [0.25, 0.3) is 0 Å². The molecule has 1 heterocycles. The Bertz CT molecular complexity index is 605. The second kappa shape index (κ2) is 5.17.